The molecule has 0 aliphatic carbocycles. The molecule has 9 heteroatoms. The molecule has 0 unspecified atom stereocenters. The SMILES string of the molecule is COc1ccc(OC)c(S(=O)(=O)Nc2nc(C)c(C(C)=O)s2)c1. The Morgan fingerprint density at radius 2 is 1.96 bits per heavy atom. The number of sulfonamides is 1. The maximum Gasteiger partial charge on any atom is 0.267 e. The zero-order chi connectivity index (χ0) is 17.2. The van der Waals surface area contributed by atoms with Gasteiger partial charge in [-0.1, -0.05) is 11.3 Å². The van der Waals surface area contributed by atoms with Gasteiger partial charge in [0.15, 0.2) is 10.9 Å². The molecule has 0 spiro atoms. The molecule has 1 N–H and O–H groups in total. The number of nitrogens with zero attached hydrogens (tertiary/aromatic N) is 1. The number of carbonyl (C=O) groups excluding carboxylic acids is 1. The van der Waals surface area contributed by atoms with Gasteiger partial charge in [-0.25, -0.2) is 13.4 Å². The number of ether oxygens (including phenoxy) is 2. The summed E-state index contributed by atoms with van der Waals surface area (Å²) in [7, 11) is -1.12. The predicted molar refractivity (Wildman–Crippen MR) is 87.2 cm³/mol. The molecule has 0 aliphatic rings. The number of aromatic nitrogens is 1. The fraction of sp³-hybridized carbons (Fsp3) is 0.286. The summed E-state index contributed by atoms with van der Waals surface area (Å²) in [4.78, 5) is 15.9. The van der Waals surface area contributed by atoms with Crippen molar-refractivity contribution in [2.45, 2.75) is 18.7 Å². The predicted octanol–water partition coefficient (Wildman–Crippen LogP) is 2.47. The minimum Gasteiger partial charge on any atom is -0.497 e. The molecule has 1 aromatic heterocycles. The first-order valence-corrected chi connectivity index (χ1v) is 8.81. The van der Waals surface area contributed by atoms with Crippen LogP contribution in [0.25, 0.3) is 0 Å². The molecule has 0 radical (unpaired) electrons. The van der Waals surface area contributed by atoms with Crippen LogP contribution in [0, 0.1) is 6.92 Å². The van der Waals surface area contributed by atoms with Gasteiger partial charge in [-0.3, -0.25) is 9.52 Å². The lowest BCUT2D eigenvalue weighted by atomic mass is 10.3. The fourth-order valence-electron chi connectivity index (χ4n) is 1.93. The maximum absolute atomic E-state index is 12.6. The van der Waals surface area contributed by atoms with Gasteiger partial charge >= 0.3 is 0 Å². The first-order chi connectivity index (χ1) is 10.8. The summed E-state index contributed by atoms with van der Waals surface area (Å²) in [5.74, 6) is 0.397. The van der Waals surface area contributed by atoms with Gasteiger partial charge in [-0.05, 0) is 19.1 Å². The van der Waals surface area contributed by atoms with Crippen molar-refractivity contribution in [1.82, 2.24) is 4.98 Å². The van der Waals surface area contributed by atoms with E-state index in [2.05, 4.69) is 9.71 Å². The molecule has 7 nitrogen and oxygen atoms in total. The number of rotatable bonds is 6. The molecule has 0 atom stereocenters. The second kappa shape index (κ2) is 6.55. The van der Waals surface area contributed by atoms with E-state index in [0.717, 1.165) is 11.3 Å². The van der Waals surface area contributed by atoms with Crippen LogP contribution in [-0.2, 0) is 10.0 Å². The molecule has 23 heavy (non-hydrogen) atoms. The van der Waals surface area contributed by atoms with Crippen molar-refractivity contribution < 1.29 is 22.7 Å². The summed E-state index contributed by atoms with van der Waals surface area (Å²) < 4.78 is 37.7. The first-order valence-electron chi connectivity index (χ1n) is 6.51. The van der Waals surface area contributed by atoms with E-state index in [9.17, 15) is 13.2 Å². The van der Waals surface area contributed by atoms with E-state index < -0.39 is 10.0 Å². The zero-order valence-corrected chi connectivity index (χ0v) is 14.7. The van der Waals surface area contributed by atoms with Crippen molar-refractivity contribution in [2.75, 3.05) is 18.9 Å². The summed E-state index contributed by atoms with van der Waals surface area (Å²) in [5.41, 5.74) is 0.484. The smallest absolute Gasteiger partial charge is 0.267 e. The Morgan fingerprint density at radius 3 is 2.48 bits per heavy atom. The van der Waals surface area contributed by atoms with E-state index in [0.29, 0.717) is 16.3 Å². The lowest BCUT2D eigenvalue weighted by Crippen LogP contribution is -2.14. The highest BCUT2D eigenvalue weighted by molar-refractivity contribution is 7.93. The van der Waals surface area contributed by atoms with E-state index in [1.54, 1.807) is 13.0 Å². The van der Waals surface area contributed by atoms with Gasteiger partial charge in [0.1, 0.15) is 16.4 Å². The summed E-state index contributed by atoms with van der Waals surface area (Å²) in [6, 6.07) is 4.45. The van der Waals surface area contributed by atoms with E-state index in [1.807, 2.05) is 0 Å². The third-order valence-electron chi connectivity index (χ3n) is 3.00. The monoisotopic (exact) mass is 356 g/mol. The lowest BCUT2D eigenvalue weighted by molar-refractivity contribution is 0.102. The molecule has 2 rings (SSSR count). The Labute approximate surface area is 138 Å². The van der Waals surface area contributed by atoms with Gasteiger partial charge in [-0.15, -0.1) is 0 Å². The van der Waals surface area contributed by atoms with Crippen molar-refractivity contribution in [3.8, 4) is 11.5 Å². The van der Waals surface area contributed by atoms with Crippen LogP contribution in [-0.4, -0.2) is 33.4 Å². The van der Waals surface area contributed by atoms with E-state index >= 15 is 0 Å². The molecule has 124 valence electrons. The summed E-state index contributed by atoms with van der Waals surface area (Å²) in [6.07, 6.45) is 0. The fourth-order valence-corrected chi connectivity index (χ4v) is 4.21. The topological polar surface area (TPSA) is 94.6 Å². The Morgan fingerprint density at radius 1 is 1.26 bits per heavy atom. The van der Waals surface area contributed by atoms with Crippen LogP contribution in [0.3, 0.4) is 0 Å². The minimum absolute atomic E-state index is 0.0726. The quantitative estimate of drug-likeness (QED) is 0.799. The van der Waals surface area contributed by atoms with Crippen LogP contribution in [0.5, 0.6) is 11.5 Å². The van der Waals surface area contributed by atoms with Crippen LogP contribution in [0.15, 0.2) is 23.1 Å². The number of thiazole rings is 1. The summed E-state index contributed by atoms with van der Waals surface area (Å²) in [5, 5.41) is 0.123. The number of methoxy groups -OCH3 is 2. The van der Waals surface area contributed by atoms with Crippen molar-refractivity contribution in [1.29, 1.82) is 0 Å². The molecule has 0 saturated carbocycles. The van der Waals surface area contributed by atoms with E-state index in [1.165, 1.54) is 33.3 Å². The zero-order valence-electron chi connectivity index (χ0n) is 13.0. The number of aryl methyl sites for hydroxylation is 1. The Balaban J connectivity index is 2.43. The van der Waals surface area contributed by atoms with Crippen LogP contribution in [0.2, 0.25) is 0 Å². The Bertz CT molecular complexity index is 843. The van der Waals surface area contributed by atoms with Gasteiger partial charge < -0.3 is 9.47 Å². The molecule has 0 bridgehead atoms. The number of benzene rings is 1. The highest BCUT2D eigenvalue weighted by Gasteiger charge is 2.23. The van der Waals surface area contributed by atoms with Crippen LogP contribution in [0.4, 0.5) is 5.13 Å². The molecule has 1 heterocycles. The number of nitrogens with one attached hydrogen (secondary N) is 1. The van der Waals surface area contributed by atoms with Gasteiger partial charge in [0.2, 0.25) is 0 Å². The molecule has 0 saturated heterocycles. The van der Waals surface area contributed by atoms with Crippen LogP contribution >= 0.6 is 11.3 Å². The molecule has 0 aliphatic heterocycles. The number of anilines is 1. The van der Waals surface area contributed by atoms with E-state index in [-0.39, 0.29) is 21.6 Å². The van der Waals surface area contributed by atoms with Gasteiger partial charge in [0.05, 0.1) is 24.8 Å². The van der Waals surface area contributed by atoms with Gasteiger partial charge in [-0.2, -0.15) is 0 Å². The highest BCUT2D eigenvalue weighted by Crippen LogP contribution is 2.31. The Kier molecular flexibility index (Phi) is 4.90. The summed E-state index contributed by atoms with van der Waals surface area (Å²) in [6.45, 7) is 3.06. The Hall–Kier alpha value is -2.13. The largest absolute Gasteiger partial charge is 0.497 e. The third-order valence-corrected chi connectivity index (χ3v) is 5.66. The van der Waals surface area contributed by atoms with Crippen LogP contribution in [0.1, 0.15) is 22.3 Å². The number of hydrogen-bond acceptors (Lipinski definition) is 7. The van der Waals surface area contributed by atoms with Crippen LogP contribution < -0.4 is 14.2 Å². The standard InChI is InChI=1S/C14H16N2O5S2/c1-8-13(9(2)17)22-14(15-8)16-23(18,19)12-7-10(20-3)5-6-11(12)21-4/h5-7H,1-4H3,(H,15,16). The number of hydrogen-bond donors (Lipinski definition) is 1. The van der Waals surface area contributed by atoms with Crippen molar-refractivity contribution in [3.63, 3.8) is 0 Å². The number of ketones is 1. The molecular formula is C14H16N2O5S2. The molecule has 0 fully saturated rings. The molecule has 1 aromatic carbocycles. The summed E-state index contributed by atoms with van der Waals surface area (Å²) >= 11 is 0.990. The second-order valence-electron chi connectivity index (χ2n) is 4.61. The van der Waals surface area contributed by atoms with Crippen molar-refractivity contribution >= 4 is 32.3 Å². The van der Waals surface area contributed by atoms with Gasteiger partial charge in [0.25, 0.3) is 10.0 Å². The molecule has 0 amide bonds. The normalized spacial score (nSPS) is 11.1. The average molecular weight is 356 g/mol. The highest BCUT2D eigenvalue weighted by atomic mass is 32.2. The average Bonchev–Trinajstić information content (AvgIpc) is 2.86. The van der Waals surface area contributed by atoms with Gasteiger partial charge in [0, 0.05) is 13.0 Å². The number of carbonyl (C=O) groups is 1. The second-order valence-corrected chi connectivity index (χ2v) is 7.26. The number of Topliss-reactive ketones (excluding diaryl/α,β-unsaturated/α-hetero) is 1. The van der Waals surface area contributed by atoms with Crippen molar-refractivity contribution in [2.24, 2.45) is 0 Å². The lowest BCUT2D eigenvalue weighted by Gasteiger charge is -2.11. The minimum atomic E-state index is -3.94. The molecular weight excluding hydrogens is 340 g/mol. The maximum atomic E-state index is 12.6. The molecule has 2 aromatic rings. The third kappa shape index (κ3) is 3.62. The van der Waals surface area contributed by atoms with E-state index in [4.69, 9.17) is 9.47 Å². The van der Waals surface area contributed by atoms with Crippen molar-refractivity contribution in [3.05, 3.63) is 28.8 Å². The first kappa shape index (κ1) is 17.2.